The Hall–Kier alpha value is -1.84. The van der Waals surface area contributed by atoms with E-state index >= 15 is 0 Å². The molecule has 4 nitrogen and oxygen atoms in total. The molecule has 2 amide bonds. The van der Waals surface area contributed by atoms with Crippen molar-refractivity contribution >= 4 is 11.8 Å². The summed E-state index contributed by atoms with van der Waals surface area (Å²) in [6.45, 7) is 3.71. The first-order valence-corrected chi connectivity index (χ1v) is 4.34. The smallest absolute Gasteiger partial charge is 0.315 e. The summed E-state index contributed by atoms with van der Waals surface area (Å²) < 4.78 is 0. The molecule has 2 N–H and O–H groups in total. The predicted octanol–water partition coefficient (Wildman–Crippen LogP) is 2.05. The van der Waals surface area contributed by atoms with Gasteiger partial charge in [0.2, 0.25) is 0 Å². The zero-order chi connectivity index (χ0) is 10.4. The van der Waals surface area contributed by atoms with E-state index in [1.54, 1.807) is 18.5 Å². The van der Waals surface area contributed by atoms with E-state index in [-0.39, 0.29) is 6.03 Å². The van der Waals surface area contributed by atoms with Crippen molar-refractivity contribution in [2.45, 2.75) is 13.8 Å². The standard InChI is InChI=1S/C10H13N3O/c1-3-6-12-10(14)13-9-8(2)5-4-7-11-9/h3-7H,1-2H3,(H2,11,12,13,14)/b6-3+. The van der Waals surface area contributed by atoms with Crippen molar-refractivity contribution < 1.29 is 4.79 Å². The monoisotopic (exact) mass is 191 g/mol. The van der Waals surface area contributed by atoms with E-state index < -0.39 is 0 Å². The number of nitrogens with one attached hydrogen (secondary N) is 2. The summed E-state index contributed by atoms with van der Waals surface area (Å²) in [5, 5.41) is 5.17. The third-order valence-corrected chi connectivity index (χ3v) is 1.62. The summed E-state index contributed by atoms with van der Waals surface area (Å²) in [5.41, 5.74) is 0.933. The van der Waals surface area contributed by atoms with Gasteiger partial charge in [-0.3, -0.25) is 5.32 Å². The molecule has 0 bridgehead atoms. The quantitative estimate of drug-likeness (QED) is 0.751. The van der Waals surface area contributed by atoms with Gasteiger partial charge in [-0.05, 0) is 25.5 Å². The number of rotatable bonds is 2. The first-order chi connectivity index (χ1) is 6.74. The average molecular weight is 191 g/mol. The molecule has 14 heavy (non-hydrogen) atoms. The van der Waals surface area contributed by atoms with Crippen LogP contribution in [0, 0.1) is 6.92 Å². The molecule has 0 saturated carbocycles. The minimum Gasteiger partial charge on any atom is -0.315 e. The Bertz CT molecular complexity index is 347. The van der Waals surface area contributed by atoms with E-state index in [1.807, 2.05) is 26.0 Å². The molecule has 1 rings (SSSR count). The van der Waals surface area contributed by atoms with Gasteiger partial charge >= 0.3 is 6.03 Å². The van der Waals surface area contributed by atoms with Crippen LogP contribution in [-0.2, 0) is 0 Å². The van der Waals surface area contributed by atoms with Gasteiger partial charge in [0.25, 0.3) is 0 Å². The fourth-order valence-electron chi connectivity index (χ4n) is 0.919. The Labute approximate surface area is 83.0 Å². The van der Waals surface area contributed by atoms with Crippen molar-refractivity contribution in [2.75, 3.05) is 5.32 Å². The molecule has 0 atom stereocenters. The van der Waals surface area contributed by atoms with Gasteiger partial charge in [0.15, 0.2) is 0 Å². The van der Waals surface area contributed by atoms with Crippen LogP contribution in [0.4, 0.5) is 10.6 Å². The molecule has 0 fully saturated rings. The van der Waals surface area contributed by atoms with Crippen LogP contribution in [0.1, 0.15) is 12.5 Å². The number of carbonyl (C=O) groups is 1. The van der Waals surface area contributed by atoms with Crippen molar-refractivity contribution in [3.63, 3.8) is 0 Å². The molecular formula is C10H13N3O. The number of aryl methyl sites for hydroxylation is 1. The van der Waals surface area contributed by atoms with Gasteiger partial charge in [-0.25, -0.2) is 9.78 Å². The summed E-state index contributed by atoms with van der Waals surface area (Å²) >= 11 is 0. The normalized spacial score (nSPS) is 10.1. The Morgan fingerprint density at radius 1 is 1.57 bits per heavy atom. The highest BCUT2D eigenvalue weighted by molar-refractivity contribution is 5.89. The number of hydrogen-bond donors (Lipinski definition) is 2. The van der Waals surface area contributed by atoms with Crippen LogP contribution in [0.2, 0.25) is 0 Å². The third-order valence-electron chi connectivity index (χ3n) is 1.62. The van der Waals surface area contributed by atoms with Crippen LogP contribution in [0.15, 0.2) is 30.6 Å². The molecule has 0 unspecified atom stereocenters. The molecular weight excluding hydrogens is 178 g/mol. The average Bonchev–Trinajstić information content (AvgIpc) is 2.18. The second-order valence-electron chi connectivity index (χ2n) is 2.77. The minimum atomic E-state index is -0.287. The molecule has 0 spiro atoms. The number of urea groups is 1. The number of anilines is 1. The van der Waals surface area contributed by atoms with Crippen molar-refractivity contribution in [3.8, 4) is 0 Å². The molecule has 74 valence electrons. The molecule has 0 aromatic carbocycles. The molecule has 1 heterocycles. The number of hydrogen-bond acceptors (Lipinski definition) is 2. The molecule has 0 saturated heterocycles. The molecule has 1 aromatic rings. The first kappa shape index (κ1) is 10.2. The van der Waals surface area contributed by atoms with Crippen LogP contribution < -0.4 is 10.6 Å². The summed E-state index contributed by atoms with van der Waals surface area (Å²) in [5.74, 6) is 0.578. The summed E-state index contributed by atoms with van der Waals surface area (Å²) in [4.78, 5) is 15.2. The Balaban J connectivity index is 2.60. The fourth-order valence-corrected chi connectivity index (χ4v) is 0.919. The lowest BCUT2D eigenvalue weighted by Crippen LogP contribution is -2.24. The highest BCUT2D eigenvalue weighted by Gasteiger charge is 2.01. The molecule has 1 aromatic heterocycles. The van der Waals surface area contributed by atoms with Crippen LogP contribution in [0.3, 0.4) is 0 Å². The number of aromatic nitrogens is 1. The van der Waals surface area contributed by atoms with E-state index in [1.165, 1.54) is 0 Å². The maximum Gasteiger partial charge on any atom is 0.324 e. The molecule has 0 aliphatic heterocycles. The summed E-state index contributed by atoms with van der Waals surface area (Å²) in [6.07, 6.45) is 4.94. The Morgan fingerprint density at radius 3 is 3.00 bits per heavy atom. The minimum absolute atomic E-state index is 0.287. The summed E-state index contributed by atoms with van der Waals surface area (Å²) in [7, 11) is 0. The van der Waals surface area contributed by atoms with Crippen LogP contribution in [0.5, 0.6) is 0 Å². The van der Waals surface area contributed by atoms with E-state index in [0.29, 0.717) is 5.82 Å². The molecule has 4 heteroatoms. The number of nitrogens with zero attached hydrogens (tertiary/aromatic N) is 1. The van der Waals surface area contributed by atoms with Crippen LogP contribution in [0.25, 0.3) is 0 Å². The van der Waals surface area contributed by atoms with Crippen molar-refractivity contribution in [1.29, 1.82) is 0 Å². The molecule has 0 aliphatic rings. The van der Waals surface area contributed by atoms with Gasteiger partial charge in [-0.1, -0.05) is 12.1 Å². The van der Waals surface area contributed by atoms with Gasteiger partial charge in [0.05, 0.1) is 0 Å². The second kappa shape index (κ2) is 5.01. The predicted molar refractivity (Wildman–Crippen MR) is 55.9 cm³/mol. The lowest BCUT2D eigenvalue weighted by molar-refractivity contribution is 0.255. The lowest BCUT2D eigenvalue weighted by Gasteiger charge is -2.05. The van der Waals surface area contributed by atoms with E-state index in [4.69, 9.17) is 0 Å². The second-order valence-corrected chi connectivity index (χ2v) is 2.77. The fraction of sp³-hybridized carbons (Fsp3) is 0.200. The highest BCUT2D eigenvalue weighted by atomic mass is 16.2. The molecule has 0 radical (unpaired) electrons. The first-order valence-electron chi connectivity index (χ1n) is 4.34. The Kier molecular flexibility index (Phi) is 3.67. The number of carbonyl (C=O) groups excluding carboxylic acids is 1. The van der Waals surface area contributed by atoms with Gasteiger partial charge in [0.1, 0.15) is 5.82 Å². The number of allylic oxidation sites excluding steroid dienone is 1. The van der Waals surface area contributed by atoms with Crippen molar-refractivity contribution in [2.24, 2.45) is 0 Å². The zero-order valence-electron chi connectivity index (χ0n) is 8.24. The molecule has 0 aliphatic carbocycles. The van der Waals surface area contributed by atoms with Gasteiger partial charge in [0, 0.05) is 12.4 Å². The van der Waals surface area contributed by atoms with Gasteiger partial charge < -0.3 is 5.32 Å². The SMILES string of the molecule is C/C=C/NC(=O)Nc1ncccc1C. The van der Waals surface area contributed by atoms with E-state index in [9.17, 15) is 4.79 Å². The lowest BCUT2D eigenvalue weighted by atomic mass is 10.3. The zero-order valence-corrected chi connectivity index (χ0v) is 8.24. The van der Waals surface area contributed by atoms with Crippen LogP contribution >= 0.6 is 0 Å². The number of amides is 2. The summed E-state index contributed by atoms with van der Waals surface area (Å²) in [6, 6.07) is 3.42. The Morgan fingerprint density at radius 2 is 2.36 bits per heavy atom. The van der Waals surface area contributed by atoms with Gasteiger partial charge in [-0.2, -0.15) is 0 Å². The highest BCUT2D eigenvalue weighted by Crippen LogP contribution is 2.08. The van der Waals surface area contributed by atoms with Crippen LogP contribution in [-0.4, -0.2) is 11.0 Å². The third kappa shape index (κ3) is 2.90. The maximum atomic E-state index is 11.2. The number of pyridine rings is 1. The maximum absolute atomic E-state index is 11.2. The van der Waals surface area contributed by atoms with E-state index in [0.717, 1.165) is 5.56 Å². The topological polar surface area (TPSA) is 54.0 Å². The van der Waals surface area contributed by atoms with Crippen molar-refractivity contribution in [1.82, 2.24) is 10.3 Å². The van der Waals surface area contributed by atoms with E-state index in [2.05, 4.69) is 15.6 Å². The van der Waals surface area contributed by atoms with Gasteiger partial charge in [-0.15, -0.1) is 0 Å². The van der Waals surface area contributed by atoms with Crippen molar-refractivity contribution in [3.05, 3.63) is 36.2 Å². The largest absolute Gasteiger partial charge is 0.324 e.